The van der Waals surface area contributed by atoms with Gasteiger partial charge < -0.3 is 5.11 Å². The van der Waals surface area contributed by atoms with Gasteiger partial charge in [0.15, 0.2) is 0 Å². The van der Waals surface area contributed by atoms with Crippen LogP contribution in [-0.2, 0) is 11.2 Å². The SMILES string of the molecule is O=C(O)[C@H]1CCCC[C@H]1Cc1ccccc1. The predicted octanol–water partition coefficient (Wildman–Crippen LogP) is 3.12. The Morgan fingerprint density at radius 1 is 1.19 bits per heavy atom. The highest BCUT2D eigenvalue weighted by Crippen LogP contribution is 2.32. The molecule has 1 N–H and O–H groups in total. The lowest BCUT2D eigenvalue weighted by Crippen LogP contribution is -2.28. The highest BCUT2D eigenvalue weighted by atomic mass is 16.4. The molecule has 1 fully saturated rings. The maximum Gasteiger partial charge on any atom is 0.306 e. The molecule has 0 aromatic heterocycles. The van der Waals surface area contributed by atoms with E-state index in [1.807, 2.05) is 18.2 Å². The topological polar surface area (TPSA) is 37.3 Å². The monoisotopic (exact) mass is 218 g/mol. The third-order valence-corrected chi connectivity index (χ3v) is 3.57. The number of aliphatic carboxylic acids is 1. The molecule has 2 rings (SSSR count). The Bertz CT molecular complexity index is 345. The Morgan fingerprint density at radius 2 is 1.88 bits per heavy atom. The van der Waals surface area contributed by atoms with Crippen molar-refractivity contribution in [3.63, 3.8) is 0 Å². The summed E-state index contributed by atoms with van der Waals surface area (Å²) < 4.78 is 0. The molecule has 2 heteroatoms. The third-order valence-electron chi connectivity index (χ3n) is 3.57. The molecule has 16 heavy (non-hydrogen) atoms. The maximum atomic E-state index is 11.2. The summed E-state index contributed by atoms with van der Waals surface area (Å²) in [6, 6.07) is 10.2. The molecule has 0 unspecified atom stereocenters. The molecule has 2 nitrogen and oxygen atoms in total. The van der Waals surface area contributed by atoms with Gasteiger partial charge in [0.2, 0.25) is 0 Å². The van der Waals surface area contributed by atoms with E-state index in [4.69, 9.17) is 0 Å². The first-order valence-corrected chi connectivity index (χ1v) is 6.04. The molecule has 86 valence electrons. The molecule has 0 heterocycles. The van der Waals surface area contributed by atoms with Gasteiger partial charge in [-0.25, -0.2) is 0 Å². The molecule has 1 aromatic carbocycles. The summed E-state index contributed by atoms with van der Waals surface area (Å²) in [5, 5.41) is 9.19. The van der Waals surface area contributed by atoms with Gasteiger partial charge in [-0.3, -0.25) is 4.79 Å². The van der Waals surface area contributed by atoms with E-state index in [0.717, 1.165) is 25.7 Å². The van der Waals surface area contributed by atoms with Crippen molar-refractivity contribution in [1.82, 2.24) is 0 Å². The minimum Gasteiger partial charge on any atom is -0.481 e. The Balaban J connectivity index is 2.04. The molecule has 0 radical (unpaired) electrons. The van der Waals surface area contributed by atoms with Crippen molar-refractivity contribution in [2.75, 3.05) is 0 Å². The van der Waals surface area contributed by atoms with Gasteiger partial charge in [-0.1, -0.05) is 43.2 Å². The molecule has 0 saturated heterocycles. The number of carboxylic acid groups (broad SMARTS) is 1. The van der Waals surface area contributed by atoms with Gasteiger partial charge in [0.25, 0.3) is 0 Å². The van der Waals surface area contributed by atoms with Gasteiger partial charge in [-0.05, 0) is 30.7 Å². The van der Waals surface area contributed by atoms with Gasteiger partial charge >= 0.3 is 5.97 Å². The van der Waals surface area contributed by atoms with Crippen LogP contribution in [0.4, 0.5) is 0 Å². The van der Waals surface area contributed by atoms with Gasteiger partial charge in [0.1, 0.15) is 0 Å². The lowest BCUT2D eigenvalue weighted by molar-refractivity contribution is -0.144. The summed E-state index contributed by atoms with van der Waals surface area (Å²) in [7, 11) is 0. The summed E-state index contributed by atoms with van der Waals surface area (Å²) in [5.41, 5.74) is 1.26. The fourth-order valence-electron chi connectivity index (χ4n) is 2.69. The summed E-state index contributed by atoms with van der Waals surface area (Å²) in [6.07, 6.45) is 5.08. The standard InChI is InChI=1S/C14H18O2/c15-14(16)13-9-5-4-8-12(13)10-11-6-2-1-3-7-11/h1-3,6-7,12-13H,4-5,8-10H2,(H,15,16)/t12-,13-/m0/s1. The molecule has 0 amide bonds. The number of hydrogen-bond acceptors (Lipinski definition) is 1. The van der Waals surface area contributed by atoms with E-state index >= 15 is 0 Å². The number of hydrogen-bond donors (Lipinski definition) is 1. The van der Waals surface area contributed by atoms with Crippen molar-refractivity contribution in [3.8, 4) is 0 Å². The third kappa shape index (κ3) is 2.63. The van der Waals surface area contributed by atoms with Crippen molar-refractivity contribution in [1.29, 1.82) is 0 Å². The minimum atomic E-state index is -0.611. The Kier molecular flexibility index (Phi) is 3.60. The zero-order valence-electron chi connectivity index (χ0n) is 9.43. The normalized spacial score (nSPS) is 25.2. The number of carboxylic acids is 1. The fraction of sp³-hybridized carbons (Fsp3) is 0.500. The summed E-state index contributed by atoms with van der Waals surface area (Å²) >= 11 is 0. The second kappa shape index (κ2) is 5.15. The highest BCUT2D eigenvalue weighted by molar-refractivity contribution is 5.70. The van der Waals surface area contributed by atoms with E-state index in [1.165, 1.54) is 12.0 Å². The van der Waals surface area contributed by atoms with Gasteiger partial charge in [0, 0.05) is 0 Å². The molecule has 0 bridgehead atoms. The molecular formula is C14H18O2. The van der Waals surface area contributed by atoms with Crippen LogP contribution >= 0.6 is 0 Å². The first kappa shape index (κ1) is 11.2. The van der Waals surface area contributed by atoms with Crippen molar-refractivity contribution in [2.24, 2.45) is 11.8 Å². The van der Waals surface area contributed by atoms with Gasteiger partial charge in [-0.15, -0.1) is 0 Å². The molecule has 0 aliphatic heterocycles. The van der Waals surface area contributed by atoms with Crippen LogP contribution in [0.25, 0.3) is 0 Å². The molecule has 1 saturated carbocycles. The van der Waals surface area contributed by atoms with Crippen LogP contribution < -0.4 is 0 Å². The molecule has 2 atom stereocenters. The quantitative estimate of drug-likeness (QED) is 0.846. The predicted molar refractivity (Wildman–Crippen MR) is 63.2 cm³/mol. The van der Waals surface area contributed by atoms with Crippen molar-refractivity contribution < 1.29 is 9.90 Å². The number of rotatable bonds is 3. The Hall–Kier alpha value is -1.31. The van der Waals surface area contributed by atoms with E-state index in [-0.39, 0.29) is 5.92 Å². The molecule has 1 aliphatic rings. The van der Waals surface area contributed by atoms with Gasteiger partial charge in [0.05, 0.1) is 5.92 Å². The zero-order chi connectivity index (χ0) is 11.4. The second-order valence-corrected chi connectivity index (χ2v) is 4.68. The van der Waals surface area contributed by atoms with E-state index in [0.29, 0.717) is 5.92 Å². The van der Waals surface area contributed by atoms with Crippen LogP contribution in [0, 0.1) is 11.8 Å². The van der Waals surface area contributed by atoms with Crippen LogP contribution in [0.5, 0.6) is 0 Å². The molecular weight excluding hydrogens is 200 g/mol. The molecule has 0 spiro atoms. The zero-order valence-corrected chi connectivity index (χ0v) is 9.43. The minimum absolute atomic E-state index is 0.131. The summed E-state index contributed by atoms with van der Waals surface area (Å²) in [6.45, 7) is 0. The Labute approximate surface area is 96.3 Å². The van der Waals surface area contributed by atoms with Crippen molar-refractivity contribution in [2.45, 2.75) is 32.1 Å². The average Bonchev–Trinajstić information content (AvgIpc) is 2.31. The van der Waals surface area contributed by atoms with Crippen LogP contribution in [-0.4, -0.2) is 11.1 Å². The maximum absolute atomic E-state index is 11.2. The van der Waals surface area contributed by atoms with Crippen LogP contribution in [0.15, 0.2) is 30.3 Å². The summed E-state index contributed by atoms with van der Waals surface area (Å²) in [4.78, 5) is 11.2. The highest BCUT2D eigenvalue weighted by Gasteiger charge is 2.30. The van der Waals surface area contributed by atoms with Crippen molar-refractivity contribution in [3.05, 3.63) is 35.9 Å². The largest absolute Gasteiger partial charge is 0.481 e. The van der Waals surface area contributed by atoms with Crippen LogP contribution in [0.3, 0.4) is 0 Å². The van der Waals surface area contributed by atoms with Crippen LogP contribution in [0.1, 0.15) is 31.2 Å². The van der Waals surface area contributed by atoms with Crippen LogP contribution in [0.2, 0.25) is 0 Å². The average molecular weight is 218 g/mol. The number of carbonyl (C=O) groups is 1. The van der Waals surface area contributed by atoms with Gasteiger partial charge in [-0.2, -0.15) is 0 Å². The number of benzene rings is 1. The summed E-state index contributed by atoms with van der Waals surface area (Å²) in [5.74, 6) is -0.414. The second-order valence-electron chi connectivity index (χ2n) is 4.68. The fourth-order valence-corrected chi connectivity index (χ4v) is 2.69. The lowest BCUT2D eigenvalue weighted by atomic mass is 9.76. The molecule has 1 aromatic rings. The lowest BCUT2D eigenvalue weighted by Gasteiger charge is -2.28. The first-order chi connectivity index (χ1) is 7.77. The molecule has 1 aliphatic carbocycles. The van der Waals surface area contributed by atoms with E-state index in [1.54, 1.807) is 0 Å². The van der Waals surface area contributed by atoms with E-state index in [2.05, 4.69) is 12.1 Å². The van der Waals surface area contributed by atoms with E-state index in [9.17, 15) is 9.90 Å². The van der Waals surface area contributed by atoms with E-state index < -0.39 is 5.97 Å². The smallest absolute Gasteiger partial charge is 0.306 e. The first-order valence-electron chi connectivity index (χ1n) is 6.04. The Morgan fingerprint density at radius 3 is 2.56 bits per heavy atom. The van der Waals surface area contributed by atoms with Crippen molar-refractivity contribution >= 4 is 5.97 Å².